The summed E-state index contributed by atoms with van der Waals surface area (Å²) < 4.78 is 11.4. The molecular formula is C26H30N2O5S. The Morgan fingerprint density at radius 3 is 2.38 bits per heavy atom. The van der Waals surface area contributed by atoms with Crippen molar-refractivity contribution in [2.75, 3.05) is 25.1 Å². The second-order valence-electron chi connectivity index (χ2n) is 8.08. The zero-order valence-electron chi connectivity index (χ0n) is 20.2. The zero-order chi connectivity index (χ0) is 24.8. The van der Waals surface area contributed by atoms with Gasteiger partial charge >= 0.3 is 0 Å². The van der Waals surface area contributed by atoms with Crippen LogP contribution in [0.15, 0.2) is 35.2 Å². The molecule has 1 fully saturated rings. The smallest absolute Gasteiger partial charge is 0.294 e. The highest BCUT2D eigenvalue weighted by atomic mass is 32.2. The lowest BCUT2D eigenvalue weighted by Gasteiger charge is -2.16. The summed E-state index contributed by atoms with van der Waals surface area (Å²) in [6, 6.07) is 9.31. The van der Waals surface area contributed by atoms with Crippen LogP contribution in [0.1, 0.15) is 42.5 Å². The van der Waals surface area contributed by atoms with Crippen LogP contribution in [0.2, 0.25) is 0 Å². The van der Waals surface area contributed by atoms with Gasteiger partial charge in [-0.2, -0.15) is 0 Å². The maximum Gasteiger partial charge on any atom is 0.294 e. The molecule has 8 heteroatoms. The molecule has 1 N–H and O–H groups in total. The molecular weight excluding hydrogens is 452 g/mol. The van der Waals surface area contributed by atoms with Gasteiger partial charge in [-0.1, -0.05) is 30.7 Å². The number of hydrogen-bond donors (Lipinski definition) is 1. The van der Waals surface area contributed by atoms with Crippen molar-refractivity contribution < 1.29 is 23.9 Å². The van der Waals surface area contributed by atoms with Crippen molar-refractivity contribution in [2.45, 2.75) is 41.0 Å². The van der Waals surface area contributed by atoms with Crippen molar-refractivity contribution in [1.29, 1.82) is 0 Å². The van der Waals surface area contributed by atoms with Crippen LogP contribution in [0.25, 0.3) is 6.08 Å². The van der Waals surface area contributed by atoms with Crippen LogP contribution >= 0.6 is 11.8 Å². The molecule has 34 heavy (non-hydrogen) atoms. The second-order valence-corrected chi connectivity index (χ2v) is 9.07. The van der Waals surface area contributed by atoms with E-state index >= 15 is 0 Å². The van der Waals surface area contributed by atoms with Gasteiger partial charge in [0.05, 0.1) is 18.1 Å². The van der Waals surface area contributed by atoms with E-state index in [0.717, 1.165) is 39.8 Å². The molecule has 0 saturated carbocycles. The molecule has 0 unspecified atom stereocenters. The quantitative estimate of drug-likeness (QED) is 0.477. The lowest BCUT2D eigenvalue weighted by Crippen LogP contribution is -2.36. The molecule has 2 aromatic carbocycles. The van der Waals surface area contributed by atoms with Crippen LogP contribution in [0.5, 0.6) is 11.5 Å². The van der Waals surface area contributed by atoms with E-state index in [-0.39, 0.29) is 11.4 Å². The number of imide groups is 1. The molecule has 0 radical (unpaired) electrons. The van der Waals surface area contributed by atoms with Crippen molar-refractivity contribution in [2.24, 2.45) is 0 Å². The Morgan fingerprint density at radius 2 is 1.74 bits per heavy atom. The fraction of sp³-hybridized carbons (Fsp3) is 0.346. The molecule has 0 bridgehead atoms. The first-order valence-electron chi connectivity index (χ1n) is 11.3. The number of nitrogens with one attached hydrogen (secondary N) is 1. The van der Waals surface area contributed by atoms with Crippen LogP contribution in [-0.2, 0) is 9.59 Å². The first-order valence-corrected chi connectivity index (χ1v) is 12.1. The number of amides is 3. The number of carbonyl (C=O) groups excluding carboxylic acids is 3. The molecule has 1 aliphatic heterocycles. The van der Waals surface area contributed by atoms with Crippen molar-refractivity contribution in [3.63, 3.8) is 0 Å². The Labute approximate surface area is 204 Å². The Balaban J connectivity index is 1.74. The number of carbonyl (C=O) groups is 3. The predicted molar refractivity (Wildman–Crippen MR) is 135 cm³/mol. The van der Waals surface area contributed by atoms with Gasteiger partial charge in [0.25, 0.3) is 11.1 Å². The molecule has 3 rings (SSSR count). The van der Waals surface area contributed by atoms with Crippen LogP contribution in [0.3, 0.4) is 0 Å². The van der Waals surface area contributed by atoms with Crippen LogP contribution in [-0.4, -0.2) is 41.7 Å². The third kappa shape index (κ3) is 5.99. The van der Waals surface area contributed by atoms with Gasteiger partial charge in [-0.05, 0) is 80.8 Å². The summed E-state index contributed by atoms with van der Waals surface area (Å²) in [6.07, 6.45) is 2.50. The first-order chi connectivity index (χ1) is 16.2. The summed E-state index contributed by atoms with van der Waals surface area (Å²) in [5.41, 5.74) is 4.36. The highest BCUT2D eigenvalue weighted by Crippen LogP contribution is 2.35. The lowest BCUT2D eigenvalue weighted by molar-refractivity contribution is -0.127. The topological polar surface area (TPSA) is 84.9 Å². The Hall–Kier alpha value is -3.26. The molecule has 3 amide bonds. The molecule has 2 aromatic rings. The normalized spacial score (nSPS) is 14.6. The van der Waals surface area contributed by atoms with E-state index < -0.39 is 17.1 Å². The molecule has 0 atom stereocenters. The Morgan fingerprint density at radius 1 is 1.03 bits per heavy atom. The van der Waals surface area contributed by atoms with Crippen LogP contribution in [0, 0.1) is 20.8 Å². The van der Waals surface area contributed by atoms with Gasteiger partial charge in [0, 0.05) is 5.69 Å². The van der Waals surface area contributed by atoms with Crippen molar-refractivity contribution in [1.82, 2.24) is 4.90 Å². The number of rotatable bonds is 9. The van der Waals surface area contributed by atoms with Crippen molar-refractivity contribution in [3.8, 4) is 11.5 Å². The molecule has 180 valence electrons. The monoisotopic (exact) mass is 482 g/mol. The van der Waals surface area contributed by atoms with E-state index in [0.29, 0.717) is 36.0 Å². The van der Waals surface area contributed by atoms with E-state index in [1.807, 2.05) is 46.8 Å². The fourth-order valence-corrected chi connectivity index (χ4v) is 4.54. The van der Waals surface area contributed by atoms with Gasteiger partial charge in [-0.25, -0.2) is 0 Å². The minimum absolute atomic E-state index is 0.255. The minimum Gasteiger partial charge on any atom is -0.490 e. The molecule has 0 spiro atoms. The summed E-state index contributed by atoms with van der Waals surface area (Å²) in [7, 11) is 0. The maximum absolute atomic E-state index is 12.9. The Bertz CT molecular complexity index is 1120. The highest BCUT2D eigenvalue weighted by molar-refractivity contribution is 8.18. The van der Waals surface area contributed by atoms with Crippen molar-refractivity contribution in [3.05, 3.63) is 57.5 Å². The van der Waals surface area contributed by atoms with Gasteiger partial charge < -0.3 is 14.8 Å². The zero-order valence-corrected chi connectivity index (χ0v) is 21.0. The van der Waals surface area contributed by atoms with Gasteiger partial charge in [-0.3, -0.25) is 19.3 Å². The molecule has 1 saturated heterocycles. The molecule has 7 nitrogen and oxygen atoms in total. The third-order valence-electron chi connectivity index (χ3n) is 5.14. The van der Waals surface area contributed by atoms with Gasteiger partial charge in [-0.15, -0.1) is 0 Å². The van der Waals surface area contributed by atoms with E-state index in [9.17, 15) is 14.4 Å². The SMILES string of the molecule is CCCOc1ccc(/C=C2\SC(=O)N(CC(=O)Nc3c(C)cc(C)cc3C)C2=O)cc1OCC. The summed E-state index contributed by atoms with van der Waals surface area (Å²) in [6.45, 7) is 10.4. The molecule has 0 aromatic heterocycles. The summed E-state index contributed by atoms with van der Waals surface area (Å²) in [5, 5.41) is 2.36. The minimum atomic E-state index is -0.494. The second kappa shape index (κ2) is 11.2. The largest absolute Gasteiger partial charge is 0.490 e. The van der Waals surface area contributed by atoms with E-state index in [1.165, 1.54) is 0 Å². The number of aryl methyl sites for hydroxylation is 3. The first kappa shape index (κ1) is 25.4. The average Bonchev–Trinajstić information content (AvgIpc) is 3.03. The summed E-state index contributed by atoms with van der Waals surface area (Å²) in [5.74, 6) is 0.292. The van der Waals surface area contributed by atoms with E-state index in [4.69, 9.17) is 9.47 Å². The van der Waals surface area contributed by atoms with E-state index in [1.54, 1.807) is 24.3 Å². The third-order valence-corrected chi connectivity index (χ3v) is 6.05. The van der Waals surface area contributed by atoms with Gasteiger partial charge in [0.2, 0.25) is 5.91 Å². The number of ether oxygens (including phenoxy) is 2. The lowest BCUT2D eigenvalue weighted by atomic mass is 10.1. The fourth-order valence-electron chi connectivity index (χ4n) is 3.70. The van der Waals surface area contributed by atoms with Gasteiger partial charge in [0.1, 0.15) is 6.54 Å². The van der Waals surface area contributed by atoms with Crippen molar-refractivity contribution >= 4 is 40.6 Å². The summed E-state index contributed by atoms with van der Waals surface area (Å²) in [4.78, 5) is 39.2. The summed E-state index contributed by atoms with van der Waals surface area (Å²) >= 11 is 0.817. The van der Waals surface area contributed by atoms with E-state index in [2.05, 4.69) is 5.32 Å². The predicted octanol–water partition coefficient (Wildman–Crippen LogP) is 5.47. The molecule has 1 heterocycles. The van der Waals surface area contributed by atoms with Crippen LogP contribution < -0.4 is 14.8 Å². The molecule has 1 aliphatic rings. The molecule has 0 aliphatic carbocycles. The number of benzene rings is 2. The highest BCUT2D eigenvalue weighted by Gasteiger charge is 2.36. The van der Waals surface area contributed by atoms with Gasteiger partial charge in [0.15, 0.2) is 11.5 Å². The maximum atomic E-state index is 12.9. The average molecular weight is 483 g/mol. The Kier molecular flexibility index (Phi) is 8.39. The number of thioether (sulfide) groups is 1. The van der Waals surface area contributed by atoms with Crippen LogP contribution in [0.4, 0.5) is 10.5 Å². The standard InChI is InChI=1S/C26H30N2O5S/c1-6-10-33-20-9-8-19(13-21(20)32-7-2)14-22-25(30)28(26(31)34-22)15-23(29)27-24-17(4)11-16(3)12-18(24)5/h8-9,11-14H,6-7,10,15H2,1-5H3,(H,27,29)/b22-14-. The number of hydrogen-bond acceptors (Lipinski definition) is 6. The number of nitrogens with zero attached hydrogens (tertiary/aromatic N) is 1. The number of anilines is 1.